The second kappa shape index (κ2) is 4.53. The molecule has 1 aromatic heterocycles. The summed E-state index contributed by atoms with van der Waals surface area (Å²) in [6.07, 6.45) is -1.22. The Kier molecular flexibility index (Phi) is 3.11. The first-order valence-corrected chi connectivity index (χ1v) is 4.84. The predicted molar refractivity (Wildman–Crippen MR) is 52.2 cm³/mol. The van der Waals surface area contributed by atoms with E-state index in [0.717, 1.165) is 18.9 Å². The summed E-state index contributed by atoms with van der Waals surface area (Å²) < 4.78 is 29.7. The van der Waals surface area contributed by atoms with Crippen LogP contribution in [0, 0.1) is 0 Å². The van der Waals surface area contributed by atoms with Crippen LogP contribution < -0.4 is 4.90 Å². The van der Waals surface area contributed by atoms with E-state index in [9.17, 15) is 8.78 Å². The summed E-state index contributed by atoms with van der Waals surface area (Å²) in [6.45, 7) is 2.86. The van der Waals surface area contributed by atoms with E-state index in [1.54, 1.807) is 6.07 Å². The molecule has 2 rings (SSSR count). The van der Waals surface area contributed by atoms with Gasteiger partial charge >= 0.3 is 0 Å². The van der Waals surface area contributed by atoms with Crippen LogP contribution in [0.1, 0.15) is 12.0 Å². The van der Waals surface area contributed by atoms with E-state index >= 15 is 0 Å². The van der Waals surface area contributed by atoms with Gasteiger partial charge in [0.05, 0.1) is 13.2 Å². The normalized spacial score (nSPS) is 17.1. The maximum absolute atomic E-state index is 12.3. The molecule has 1 aliphatic rings. The number of ether oxygens (including phenoxy) is 1. The third-order valence-electron chi connectivity index (χ3n) is 2.36. The van der Waals surface area contributed by atoms with Crippen molar-refractivity contribution in [1.29, 1.82) is 0 Å². The lowest BCUT2D eigenvalue weighted by atomic mass is 10.3. The minimum atomic E-state index is -2.45. The van der Waals surface area contributed by atoms with E-state index in [0.29, 0.717) is 13.2 Å². The number of aromatic nitrogens is 1. The number of nitrogens with zero attached hydrogens (tertiary/aromatic N) is 2. The zero-order valence-corrected chi connectivity index (χ0v) is 8.20. The zero-order chi connectivity index (χ0) is 10.7. The second-order valence-electron chi connectivity index (χ2n) is 3.35. The predicted octanol–water partition coefficient (Wildman–Crippen LogP) is 1.86. The van der Waals surface area contributed by atoms with Gasteiger partial charge in [-0.05, 0) is 12.1 Å². The van der Waals surface area contributed by atoms with Crippen LogP contribution in [0.15, 0.2) is 18.3 Å². The molecule has 0 aliphatic carbocycles. The molecule has 0 spiro atoms. The van der Waals surface area contributed by atoms with Crippen molar-refractivity contribution in [2.45, 2.75) is 6.43 Å². The van der Waals surface area contributed by atoms with E-state index in [-0.39, 0.29) is 5.56 Å². The highest BCUT2D eigenvalue weighted by atomic mass is 19.3. The van der Waals surface area contributed by atoms with Crippen LogP contribution in [0.25, 0.3) is 0 Å². The number of hydrogen-bond acceptors (Lipinski definition) is 3. The quantitative estimate of drug-likeness (QED) is 0.751. The SMILES string of the molecule is FC(F)c1ccc(N2CCOCC2)nc1. The largest absolute Gasteiger partial charge is 0.378 e. The maximum Gasteiger partial charge on any atom is 0.265 e. The van der Waals surface area contributed by atoms with Crippen LogP contribution in [0.4, 0.5) is 14.6 Å². The van der Waals surface area contributed by atoms with Gasteiger partial charge in [-0.1, -0.05) is 0 Å². The molecule has 15 heavy (non-hydrogen) atoms. The molecule has 0 N–H and O–H groups in total. The van der Waals surface area contributed by atoms with Gasteiger partial charge in [0.1, 0.15) is 5.82 Å². The van der Waals surface area contributed by atoms with Gasteiger partial charge in [0.25, 0.3) is 6.43 Å². The summed E-state index contributed by atoms with van der Waals surface area (Å²) in [6, 6.07) is 3.05. The monoisotopic (exact) mass is 214 g/mol. The maximum atomic E-state index is 12.3. The average Bonchev–Trinajstić information content (AvgIpc) is 2.30. The van der Waals surface area contributed by atoms with Crippen molar-refractivity contribution in [3.8, 4) is 0 Å². The number of alkyl halides is 2. The summed E-state index contributed by atoms with van der Waals surface area (Å²) in [4.78, 5) is 6.04. The molecule has 0 amide bonds. The Morgan fingerprint density at radius 1 is 1.27 bits per heavy atom. The van der Waals surface area contributed by atoms with Gasteiger partial charge in [-0.3, -0.25) is 0 Å². The Balaban J connectivity index is 2.08. The van der Waals surface area contributed by atoms with Gasteiger partial charge in [0, 0.05) is 24.8 Å². The molecule has 1 aromatic rings. The summed E-state index contributed by atoms with van der Waals surface area (Å²) >= 11 is 0. The molecule has 0 saturated carbocycles. The Morgan fingerprint density at radius 2 is 2.00 bits per heavy atom. The fourth-order valence-corrected chi connectivity index (χ4v) is 1.51. The molecule has 0 atom stereocenters. The second-order valence-corrected chi connectivity index (χ2v) is 3.35. The minimum Gasteiger partial charge on any atom is -0.378 e. The fraction of sp³-hybridized carbons (Fsp3) is 0.500. The number of morpholine rings is 1. The van der Waals surface area contributed by atoms with Gasteiger partial charge in [-0.25, -0.2) is 13.8 Å². The van der Waals surface area contributed by atoms with Crippen LogP contribution in [0.5, 0.6) is 0 Å². The molecule has 3 nitrogen and oxygen atoms in total. The molecule has 1 saturated heterocycles. The summed E-state index contributed by atoms with van der Waals surface area (Å²) in [5.74, 6) is 0.739. The molecule has 2 heterocycles. The van der Waals surface area contributed by atoms with Crippen LogP contribution in [-0.4, -0.2) is 31.3 Å². The molecular weight excluding hydrogens is 202 g/mol. The van der Waals surface area contributed by atoms with E-state index < -0.39 is 6.43 Å². The lowest BCUT2D eigenvalue weighted by Gasteiger charge is -2.27. The molecule has 82 valence electrons. The number of pyridine rings is 1. The Hall–Kier alpha value is -1.23. The molecule has 0 radical (unpaired) electrons. The molecule has 5 heteroatoms. The molecular formula is C10H12F2N2O. The van der Waals surface area contributed by atoms with Gasteiger partial charge in [0.2, 0.25) is 0 Å². The average molecular weight is 214 g/mol. The highest BCUT2D eigenvalue weighted by Gasteiger charge is 2.13. The summed E-state index contributed by atoms with van der Waals surface area (Å²) in [5.41, 5.74) is -0.0352. The van der Waals surface area contributed by atoms with Crippen molar-refractivity contribution in [3.05, 3.63) is 23.9 Å². The van der Waals surface area contributed by atoms with Crippen molar-refractivity contribution in [2.75, 3.05) is 31.2 Å². The molecule has 1 fully saturated rings. The lowest BCUT2D eigenvalue weighted by Crippen LogP contribution is -2.36. The van der Waals surface area contributed by atoms with Crippen LogP contribution in [0.3, 0.4) is 0 Å². The number of anilines is 1. The van der Waals surface area contributed by atoms with Crippen LogP contribution in [-0.2, 0) is 4.74 Å². The highest BCUT2D eigenvalue weighted by Crippen LogP contribution is 2.20. The lowest BCUT2D eigenvalue weighted by molar-refractivity contribution is 0.122. The fourth-order valence-electron chi connectivity index (χ4n) is 1.51. The first-order chi connectivity index (χ1) is 7.27. The highest BCUT2D eigenvalue weighted by molar-refractivity contribution is 5.39. The van der Waals surface area contributed by atoms with Crippen LogP contribution >= 0.6 is 0 Å². The van der Waals surface area contributed by atoms with Crippen LogP contribution in [0.2, 0.25) is 0 Å². The van der Waals surface area contributed by atoms with Gasteiger partial charge < -0.3 is 9.64 Å². The number of hydrogen-bond donors (Lipinski definition) is 0. The Bertz CT molecular complexity index is 310. The van der Waals surface area contributed by atoms with Crippen molar-refractivity contribution >= 4 is 5.82 Å². The summed E-state index contributed by atoms with van der Waals surface area (Å²) in [7, 11) is 0. The third kappa shape index (κ3) is 2.41. The van der Waals surface area contributed by atoms with Gasteiger partial charge in [0.15, 0.2) is 0 Å². The van der Waals surface area contributed by atoms with Crippen molar-refractivity contribution < 1.29 is 13.5 Å². The molecule has 0 unspecified atom stereocenters. The number of halogens is 2. The van der Waals surface area contributed by atoms with E-state index in [1.165, 1.54) is 12.3 Å². The van der Waals surface area contributed by atoms with Gasteiger partial charge in [-0.15, -0.1) is 0 Å². The zero-order valence-electron chi connectivity index (χ0n) is 8.20. The Labute approximate surface area is 86.7 Å². The van der Waals surface area contributed by atoms with E-state index in [2.05, 4.69) is 4.98 Å². The van der Waals surface area contributed by atoms with Gasteiger partial charge in [-0.2, -0.15) is 0 Å². The first-order valence-electron chi connectivity index (χ1n) is 4.84. The standard InChI is InChI=1S/C10H12F2N2O/c11-10(12)8-1-2-9(13-7-8)14-3-5-15-6-4-14/h1-2,7,10H,3-6H2. The Morgan fingerprint density at radius 3 is 2.53 bits per heavy atom. The third-order valence-corrected chi connectivity index (χ3v) is 2.36. The topological polar surface area (TPSA) is 25.4 Å². The van der Waals surface area contributed by atoms with Crippen molar-refractivity contribution in [2.24, 2.45) is 0 Å². The van der Waals surface area contributed by atoms with Crippen molar-refractivity contribution in [3.63, 3.8) is 0 Å². The minimum absolute atomic E-state index is 0.0352. The molecule has 0 aromatic carbocycles. The molecule has 1 aliphatic heterocycles. The number of rotatable bonds is 2. The van der Waals surface area contributed by atoms with Crippen molar-refractivity contribution in [1.82, 2.24) is 4.98 Å². The van der Waals surface area contributed by atoms with E-state index in [1.807, 2.05) is 4.90 Å². The molecule has 0 bridgehead atoms. The first kappa shape index (κ1) is 10.3. The summed E-state index contributed by atoms with van der Waals surface area (Å²) in [5, 5.41) is 0. The van der Waals surface area contributed by atoms with E-state index in [4.69, 9.17) is 4.74 Å². The smallest absolute Gasteiger partial charge is 0.265 e.